The first-order valence-electron chi connectivity index (χ1n) is 7.33. The predicted molar refractivity (Wildman–Crippen MR) is 81.5 cm³/mol. The summed E-state index contributed by atoms with van der Waals surface area (Å²) in [6.45, 7) is 10.2. The van der Waals surface area contributed by atoms with Crippen LogP contribution < -0.4 is 5.32 Å². The normalized spacial score (nSPS) is 22.6. The fraction of sp³-hybridized carbons (Fsp3) is 0.929. The minimum atomic E-state index is -3.10. The van der Waals surface area contributed by atoms with Gasteiger partial charge >= 0.3 is 6.03 Å². The lowest BCUT2D eigenvalue weighted by Crippen LogP contribution is -2.57. The molecule has 2 amide bonds. The quantitative estimate of drug-likeness (QED) is 0.864. The van der Waals surface area contributed by atoms with Crippen LogP contribution in [0.5, 0.6) is 0 Å². The van der Waals surface area contributed by atoms with Crippen molar-refractivity contribution in [1.82, 2.24) is 10.2 Å². The van der Waals surface area contributed by atoms with Gasteiger partial charge in [-0.15, -0.1) is 0 Å². The van der Waals surface area contributed by atoms with Gasteiger partial charge < -0.3 is 10.2 Å². The molecule has 1 rings (SSSR count). The number of carbonyl (C=O) groups is 1. The van der Waals surface area contributed by atoms with Gasteiger partial charge in [0.25, 0.3) is 0 Å². The number of hydrogen-bond donors (Lipinski definition) is 1. The summed E-state index contributed by atoms with van der Waals surface area (Å²) in [5.41, 5.74) is 0. The molecular formula is C14H28N2O3S. The Balaban J connectivity index is 2.53. The molecule has 0 bridgehead atoms. The van der Waals surface area contributed by atoms with Crippen molar-refractivity contribution in [3.05, 3.63) is 0 Å². The number of sulfone groups is 1. The minimum absolute atomic E-state index is 0.0494. The second kappa shape index (κ2) is 6.33. The monoisotopic (exact) mass is 304 g/mol. The Morgan fingerprint density at radius 1 is 1.25 bits per heavy atom. The zero-order valence-corrected chi connectivity index (χ0v) is 14.1. The first-order chi connectivity index (χ1) is 9.05. The highest BCUT2D eigenvalue weighted by atomic mass is 32.2. The Kier molecular flexibility index (Phi) is 5.46. The maximum absolute atomic E-state index is 12.2. The van der Waals surface area contributed by atoms with Crippen LogP contribution in [0.3, 0.4) is 0 Å². The molecule has 0 spiro atoms. The van der Waals surface area contributed by atoms with Crippen molar-refractivity contribution < 1.29 is 13.2 Å². The molecule has 1 aliphatic heterocycles. The second-order valence-electron chi connectivity index (χ2n) is 6.82. The van der Waals surface area contributed by atoms with E-state index in [0.29, 0.717) is 5.92 Å². The zero-order valence-electron chi connectivity index (χ0n) is 13.3. The lowest BCUT2D eigenvalue weighted by Gasteiger charge is -2.38. The molecular weight excluding hydrogens is 276 g/mol. The van der Waals surface area contributed by atoms with E-state index in [1.165, 1.54) is 0 Å². The first-order valence-corrected chi connectivity index (χ1v) is 8.98. The number of urea groups is 1. The Hall–Kier alpha value is -0.780. The average molecular weight is 304 g/mol. The molecule has 0 saturated carbocycles. The third-order valence-electron chi connectivity index (χ3n) is 3.88. The lowest BCUT2D eigenvalue weighted by atomic mass is 10.0. The number of amides is 2. The molecule has 0 radical (unpaired) electrons. The molecule has 1 aliphatic rings. The molecule has 6 heteroatoms. The van der Waals surface area contributed by atoms with Crippen LogP contribution in [0, 0.1) is 5.92 Å². The number of rotatable bonds is 4. The fourth-order valence-electron chi connectivity index (χ4n) is 2.27. The maximum atomic E-state index is 12.2. The molecule has 1 unspecified atom stereocenters. The van der Waals surface area contributed by atoms with E-state index < -0.39 is 14.6 Å². The Morgan fingerprint density at radius 2 is 1.85 bits per heavy atom. The molecule has 1 N–H and O–H groups in total. The largest absolute Gasteiger partial charge is 0.336 e. The molecule has 1 fully saturated rings. The van der Waals surface area contributed by atoms with Crippen LogP contribution in [0.4, 0.5) is 4.79 Å². The van der Waals surface area contributed by atoms with E-state index >= 15 is 0 Å². The summed E-state index contributed by atoms with van der Waals surface area (Å²) in [4.78, 5) is 13.8. The Morgan fingerprint density at radius 3 is 2.35 bits per heavy atom. The zero-order chi connectivity index (χ0) is 15.6. The van der Waals surface area contributed by atoms with Gasteiger partial charge in [0.15, 0.2) is 9.84 Å². The third-order valence-corrected chi connectivity index (χ3v) is 6.41. The van der Waals surface area contributed by atoms with E-state index in [9.17, 15) is 13.2 Å². The molecule has 0 aromatic rings. The van der Waals surface area contributed by atoms with Gasteiger partial charge in [-0.05, 0) is 39.5 Å². The number of nitrogens with one attached hydrogen (secondary N) is 1. The highest BCUT2D eigenvalue weighted by Gasteiger charge is 2.41. The van der Waals surface area contributed by atoms with Gasteiger partial charge in [-0.2, -0.15) is 0 Å². The van der Waals surface area contributed by atoms with E-state index in [-0.39, 0.29) is 30.9 Å². The van der Waals surface area contributed by atoms with Gasteiger partial charge in [0.05, 0.1) is 10.5 Å². The van der Waals surface area contributed by atoms with Crippen LogP contribution in [-0.4, -0.2) is 49.0 Å². The highest BCUT2D eigenvalue weighted by molar-refractivity contribution is 7.92. The van der Waals surface area contributed by atoms with E-state index in [2.05, 4.69) is 19.2 Å². The van der Waals surface area contributed by atoms with Crippen LogP contribution in [0.1, 0.15) is 47.5 Å². The highest BCUT2D eigenvalue weighted by Crippen LogP contribution is 2.23. The Labute approximate surface area is 123 Å². The summed E-state index contributed by atoms with van der Waals surface area (Å²) >= 11 is 0. The molecule has 118 valence electrons. The average Bonchev–Trinajstić information content (AvgIpc) is 2.30. The van der Waals surface area contributed by atoms with Crippen LogP contribution in [-0.2, 0) is 9.84 Å². The summed E-state index contributed by atoms with van der Waals surface area (Å²) in [5, 5.41) is 2.96. The second-order valence-corrected chi connectivity index (χ2v) is 9.56. The molecule has 5 nitrogen and oxygen atoms in total. The van der Waals surface area contributed by atoms with Crippen LogP contribution in [0.2, 0.25) is 0 Å². The van der Waals surface area contributed by atoms with Gasteiger partial charge in [0, 0.05) is 19.1 Å². The fourth-order valence-corrected chi connectivity index (χ4v) is 3.64. The summed E-state index contributed by atoms with van der Waals surface area (Å²) in [5.74, 6) is 0.668. The van der Waals surface area contributed by atoms with Crippen molar-refractivity contribution in [3.63, 3.8) is 0 Å². The van der Waals surface area contributed by atoms with E-state index in [0.717, 1.165) is 12.8 Å². The van der Waals surface area contributed by atoms with Gasteiger partial charge in [-0.25, -0.2) is 13.2 Å². The third kappa shape index (κ3) is 4.36. The molecule has 20 heavy (non-hydrogen) atoms. The van der Waals surface area contributed by atoms with E-state index in [1.54, 1.807) is 18.7 Å². The Bertz CT molecular complexity index is 443. The topological polar surface area (TPSA) is 66.5 Å². The van der Waals surface area contributed by atoms with Crippen molar-refractivity contribution in [2.45, 2.75) is 58.2 Å². The van der Waals surface area contributed by atoms with Gasteiger partial charge in [0.2, 0.25) is 0 Å². The number of hydrogen-bond acceptors (Lipinski definition) is 3. The molecule has 0 aromatic heterocycles. The van der Waals surface area contributed by atoms with Gasteiger partial charge in [-0.3, -0.25) is 0 Å². The maximum Gasteiger partial charge on any atom is 0.317 e. The number of carbonyl (C=O) groups excluding carboxylic acids is 1. The molecule has 0 aliphatic carbocycles. The smallest absolute Gasteiger partial charge is 0.317 e. The van der Waals surface area contributed by atoms with Crippen LogP contribution in [0.25, 0.3) is 0 Å². The summed E-state index contributed by atoms with van der Waals surface area (Å²) < 4.78 is 23.0. The van der Waals surface area contributed by atoms with E-state index in [1.807, 2.05) is 6.92 Å². The van der Waals surface area contributed by atoms with Crippen molar-refractivity contribution in [3.8, 4) is 0 Å². The number of nitrogens with zero attached hydrogens (tertiary/aromatic N) is 1. The molecule has 1 saturated heterocycles. The predicted octanol–water partition coefficient (Wildman–Crippen LogP) is 2.03. The summed E-state index contributed by atoms with van der Waals surface area (Å²) in [6.07, 6.45) is 2.01. The standard InChI is InChI=1S/C14H28N2O3S/c1-11(2)6-7-12(3)15-13(17)16-8-9-20(18,19)14(4,5)10-16/h11-12H,6-10H2,1-5H3,(H,15,17). The SMILES string of the molecule is CC(C)CCC(C)NC(=O)N1CCS(=O)(=O)C(C)(C)C1. The summed E-state index contributed by atoms with van der Waals surface area (Å²) in [6, 6.07) is -0.0317. The molecule has 1 heterocycles. The van der Waals surface area contributed by atoms with Gasteiger partial charge in [-0.1, -0.05) is 13.8 Å². The van der Waals surface area contributed by atoms with Gasteiger partial charge in [0.1, 0.15) is 0 Å². The molecule has 0 aromatic carbocycles. The molecule has 1 atom stereocenters. The van der Waals surface area contributed by atoms with Crippen molar-refractivity contribution >= 4 is 15.9 Å². The van der Waals surface area contributed by atoms with Crippen LogP contribution >= 0.6 is 0 Å². The van der Waals surface area contributed by atoms with Crippen molar-refractivity contribution in [2.75, 3.05) is 18.8 Å². The van der Waals surface area contributed by atoms with E-state index in [4.69, 9.17) is 0 Å². The minimum Gasteiger partial charge on any atom is -0.336 e. The van der Waals surface area contributed by atoms with Crippen LogP contribution in [0.15, 0.2) is 0 Å². The lowest BCUT2D eigenvalue weighted by molar-refractivity contribution is 0.188. The van der Waals surface area contributed by atoms with Crippen molar-refractivity contribution in [2.24, 2.45) is 5.92 Å². The summed E-state index contributed by atoms with van der Waals surface area (Å²) in [7, 11) is -3.10. The first kappa shape index (κ1) is 17.3. The van der Waals surface area contributed by atoms with Crippen molar-refractivity contribution in [1.29, 1.82) is 0 Å².